The van der Waals surface area contributed by atoms with Crippen molar-refractivity contribution in [3.8, 4) is 0 Å². The van der Waals surface area contributed by atoms with E-state index in [9.17, 15) is 13.5 Å². The zero-order valence-corrected chi connectivity index (χ0v) is 10.6. The number of hydrogen-bond donors (Lipinski definition) is 1. The van der Waals surface area contributed by atoms with Crippen molar-refractivity contribution in [2.24, 2.45) is 11.8 Å². The van der Waals surface area contributed by atoms with E-state index in [1.807, 2.05) is 13.8 Å². The van der Waals surface area contributed by atoms with E-state index in [1.54, 1.807) is 0 Å². The van der Waals surface area contributed by atoms with Gasteiger partial charge < -0.3 is 9.84 Å². The molecular formula is C10H19NO4S. The Morgan fingerprint density at radius 2 is 2.06 bits per heavy atom. The van der Waals surface area contributed by atoms with Gasteiger partial charge in [-0.3, -0.25) is 0 Å². The summed E-state index contributed by atoms with van der Waals surface area (Å²) in [5, 5.41) is 10.1. The van der Waals surface area contributed by atoms with Crippen LogP contribution in [0.3, 0.4) is 0 Å². The molecule has 16 heavy (non-hydrogen) atoms. The second kappa shape index (κ2) is 3.94. The highest BCUT2D eigenvalue weighted by Crippen LogP contribution is 2.39. The number of nitrogens with zero attached hydrogens (tertiary/aromatic N) is 1. The third kappa shape index (κ3) is 1.88. The van der Waals surface area contributed by atoms with Gasteiger partial charge in [-0.25, -0.2) is 8.42 Å². The van der Waals surface area contributed by atoms with Crippen molar-refractivity contribution < 1.29 is 18.3 Å². The highest BCUT2D eigenvalue weighted by Gasteiger charge is 2.52. The van der Waals surface area contributed by atoms with Crippen LogP contribution in [-0.2, 0) is 14.8 Å². The molecule has 2 saturated heterocycles. The van der Waals surface area contributed by atoms with Crippen LogP contribution >= 0.6 is 0 Å². The molecule has 0 aliphatic carbocycles. The summed E-state index contributed by atoms with van der Waals surface area (Å²) in [7, 11) is -3.30. The van der Waals surface area contributed by atoms with Gasteiger partial charge in [-0.05, 0) is 18.3 Å². The normalized spacial score (nSPS) is 40.6. The number of aliphatic hydroxyl groups excluding tert-OH is 1. The molecule has 2 rings (SSSR count). The van der Waals surface area contributed by atoms with Crippen LogP contribution < -0.4 is 0 Å². The van der Waals surface area contributed by atoms with Gasteiger partial charge in [0.2, 0.25) is 10.0 Å². The number of ether oxygens (including phenoxy) is 1. The fourth-order valence-electron chi connectivity index (χ4n) is 2.78. The van der Waals surface area contributed by atoms with Crippen LogP contribution in [0.4, 0.5) is 0 Å². The molecule has 2 fully saturated rings. The third-order valence-electron chi connectivity index (χ3n) is 3.58. The van der Waals surface area contributed by atoms with E-state index in [4.69, 9.17) is 4.74 Å². The molecule has 6 heteroatoms. The molecule has 0 spiro atoms. The van der Waals surface area contributed by atoms with Crippen molar-refractivity contribution in [1.82, 2.24) is 4.31 Å². The van der Waals surface area contributed by atoms with E-state index < -0.39 is 22.4 Å². The number of aliphatic hydroxyl groups is 1. The van der Waals surface area contributed by atoms with E-state index in [0.29, 0.717) is 18.9 Å². The standard InChI is InChI=1S/C10H19NO4S/c1-6(2)8-4-7-5-15-10(9(8)12)11(7)16(3,13)14/h6-10,12H,4-5H2,1-3H3/t7-,8-,9-,10-/m0/s1. The molecule has 2 heterocycles. The molecule has 94 valence electrons. The van der Waals surface area contributed by atoms with Gasteiger partial charge >= 0.3 is 0 Å². The molecule has 5 nitrogen and oxygen atoms in total. The lowest BCUT2D eigenvalue weighted by molar-refractivity contribution is -0.0875. The molecule has 4 atom stereocenters. The minimum atomic E-state index is -3.30. The minimum absolute atomic E-state index is 0.101. The van der Waals surface area contributed by atoms with Crippen molar-refractivity contribution in [3.05, 3.63) is 0 Å². The van der Waals surface area contributed by atoms with Gasteiger partial charge in [0.1, 0.15) is 6.23 Å². The molecule has 0 aromatic heterocycles. The van der Waals surface area contributed by atoms with Crippen LogP contribution in [0, 0.1) is 11.8 Å². The average molecular weight is 249 g/mol. The summed E-state index contributed by atoms with van der Waals surface area (Å²) in [5.41, 5.74) is 0. The Balaban J connectivity index is 2.27. The summed E-state index contributed by atoms with van der Waals surface area (Å²) in [6, 6.07) is -0.101. The van der Waals surface area contributed by atoms with Gasteiger partial charge in [0.25, 0.3) is 0 Å². The Kier molecular flexibility index (Phi) is 3.03. The highest BCUT2D eigenvalue weighted by atomic mass is 32.2. The number of fused-ring (bicyclic) bond motifs is 2. The maximum Gasteiger partial charge on any atom is 0.213 e. The van der Waals surface area contributed by atoms with Gasteiger partial charge in [-0.2, -0.15) is 4.31 Å². The van der Waals surface area contributed by atoms with Gasteiger partial charge in [0.15, 0.2) is 0 Å². The largest absolute Gasteiger partial charge is 0.389 e. The fraction of sp³-hybridized carbons (Fsp3) is 1.00. The summed E-state index contributed by atoms with van der Waals surface area (Å²) in [6.45, 7) is 4.49. The Bertz CT molecular complexity index is 367. The van der Waals surface area contributed by atoms with Gasteiger partial charge in [-0.1, -0.05) is 13.8 Å². The van der Waals surface area contributed by atoms with Crippen molar-refractivity contribution in [3.63, 3.8) is 0 Å². The molecule has 0 saturated carbocycles. The number of rotatable bonds is 2. The zero-order valence-electron chi connectivity index (χ0n) is 9.83. The Hall–Kier alpha value is -0.170. The minimum Gasteiger partial charge on any atom is -0.389 e. The monoisotopic (exact) mass is 249 g/mol. The van der Waals surface area contributed by atoms with Crippen molar-refractivity contribution >= 4 is 10.0 Å². The van der Waals surface area contributed by atoms with Gasteiger partial charge in [0.05, 0.1) is 25.0 Å². The molecule has 0 unspecified atom stereocenters. The van der Waals surface area contributed by atoms with Crippen LogP contribution in [0.25, 0.3) is 0 Å². The third-order valence-corrected chi connectivity index (χ3v) is 4.86. The first-order valence-electron chi connectivity index (χ1n) is 5.60. The summed E-state index contributed by atoms with van der Waals surface area (Å²) < 4.78 is 29.9. The predicted octanol–water partition coefficient (Wildman–Crippen LogP) is 0.00970. The summed E-state index contributed by atoms with van der Waals surface area (Å²) in [5.74, 6) is 0.457. The number of sulfonamides is 1. The fourth-order valence-corrected chi connectivity index (χ4v) is 4.03. The molecule has 0 radical (unpaired) electrons. The number of hydrogen-bond acceptors (Lipinski definition) is 4. The molecule has 2 aliphatic rings. The maximum absolute atomic E-state index is 11.6. The van der Waals surface area contributed by atoms with Crippen LogP contribution in [0.15, 0.2) is 0 Å². The topological polar surface area (TPSA) is 66.8 Å². The average Bonchev–Trinajstić information content (AvgIpc) is 2.48. The van der Waals surface area contributed by atoms with Crippen LogP contribution in [0.1, 0.15) is 20.3 Å². The summed E-state index contributed by atoms with van der Waals surface area (Å²) in [4.78, 5) is 0. The molecule has 1 N–H and O–H groups in total. The van der Waals surface area contributed by atoms with E-state index in [0.717, 1.165) is 0 Å². The predicted molar refractivity (Wildman–Crippen MR) is 59.2 cm³/mol. The van der Waals surface area contributed by atoms with E-state index >= 15 is 0 Å². The lowest BCUT2D eigenvalue weighted by Gasteiger charge is -2.40. The van der Waals surface area contributed by atoms with Crippen molar-refractivity contribution in [2.75, 3.05) is 12.9 Å². The van der Waals surface area contributed by atoms with Crippen molar-refractivity contribution in [1.29, 1.82) is 0 Å². The maximum atomic E-state index is 11.6. The lowest BCUT2D eigenvalue weighted by atomic mass is 9.82. The Morgan fingerprint density at radius 3 is 2.56 bits per heavy atom. The first kappa shape index (κ1) is 12.3. The second-order valence-electron chi connectivity index (χ2n) is 5.10. The van der Waals surface area contributed by atoms with Crippen LogP contribution in [0.2, 0.25) is 0 Å². The lowest BCUT2D eigenvalue weighted by Crippen LogP contribution is -2.55. The Labute approximate surface area is 96.4 Å². The second-order valence-corrected chi connectivity index (χ2v) is 6.99. The zero-order chi connectivity index (χ0) is 12.1. The van der Waals surface area contributed by atoms with Crippen molar-refractivity contribution in [2.45, 2.75) is 38.6 Å². The first-order chi connectivity index (χ1) is 7.32. The molecule has 0 aromatic carbocycles. The Morgan fingerprint density at radius 1 is 1.44 bits per heavy atom. The van der Waals surface area contributed by atoms with E-state index in [1.165, 1.54) is 10.6 Å². The quantitative estimate of drug-likeness (QED) is 0.748. The molecule has 0 aromatic rings. The smallest absolute Gasteiger partial charge is 0.213 e. The van der Waals surface area contributed by atoms with E-state index in [-0.39, 0.29) is 12.0 Å². The van der Waals surface area contributed by atoms with Gasteiger partial charge in [0, 0.05) is 0 Å². The molecule has 2 bridgehead atoms. The van der Waals surface area contributed by atoms with Crippen LogP contribution in [-0.4, -0.2) is 49.1 Å². The molecule has 0 amide bonds. The number of piperidine rings is 1. The SMILES string of the molecule is CC(C)[C@@H]1C[C@H]2CO[C@@H]([C@H]1O)N2S(C)(=O)=O. The first-order valence-corrected chi connectivity index (χ1v) is 7.45. The molecular weight excluding hydrogens is 230 g/mol. The summed E-state index contributed by atoms with van der Waals surface area (Å²) >= 11 is 0. The van der Waals surface area contributed by atoms with E-state index in [2.05, 4.69) is 0 Å². The highest BCUT2D eigenvalue weighted by molar-refractivity contribution is 7.88. The van der Waals surface area contributed by atoms with Crippen LogP contribution in [0.5, 0.6) is 0 Å². The molecule has 2 aliphatic heterocycles. The van der Waals surface area contributed by atoms with Gasteiger partial charge in [-0.15, -0.1) is 0 Å². The summed E-state index contributed by atoms with van der Waals surface area (Å²) in [6.07, 6.45) is 0.460.